The highest BCUT2D eigenvalue weighted by atomic mass is 32.2. The smallest absolute Gasteiger partial charge is 0.338 e. The molecule has 0 bridgehead atoms. The summed E-state index contributed by atoms with van der Waals surface area (Å²) in [4.78, 5) is 78.8. The summed E-state index contributed by atoms with van der Waals surface area (Å²) in [5.41, 5.74) is 1.69. The minimum absolute atomic E-state index is 0.0106. The molecule has 2 aliphatic heterocycles. The average Bonchev–Trinajstić information content (AvgIpc) is 3.54. The molecule has 2 aromatic carbocycles. The van der Waals surface area contributed by atoms with Gasteiger partial charge in [0.25, 0.3) is 11.8 Å². The molecule has 0 saturated carbocycles. The van der Waals surface area contributed by atoms with Crippen molar-refractivity contribution in [1.29, 1.82) is 0 Å². The number of amides is 4. The Hall–Kier alpha value is -4.12. The molecule has 0 unspecified atom stereocenters. The molecule has 2 heterocycles. The summed E-state index contributed by atoms with van der Waals surface area (Å²) < 4.78 is 10.8. The molecular weight excluding hydrogens is 721 g/mol. The van der Waals surface area contributed by atoms with Gasteiger partial charge in [-0.25, -0.2) is 9.59 Å². The van der Waals surface area contributed by atoms with Crippen molar-refractivity contribution >= 4 is 104 Å². The van der Waals surface area contributed by atoms with Crippen LogP contribution in [0.1, 0.15) is 73.1 Å². The minimum Gasteiger partial charge on any atom is -0.462 e. The Morgan fingerprint density at radius 3 is 1.34 bits per heavy atom. The van der Waals surface area contributed by atoms with Gasteiger partial charge in [0.05, 0.1) is 34.2 Å². The van der Waals surface area contributed by atoms with E-state index in [9.17, 15) is 28.8 Å². The SMILES string of the molecule is CCCCOC(=O)c1ccc(NC(=O)CCN2C(=O)/C(=C3\SC(=S)N(CCC(=O)Nc4ccc(C(=O)OCCCC)cc4)C3=O)SC2=S)cc1. The molecule has 264 valence electrons. The lowest BCUT2D eigenvalue weighted by atomic mass is 10.2. The van der Waals surface area contributed by atoms with Crippen molar-refractivity contribution in [2.75, 3.05) is 36.9 Å². The lowest BCUT2D eigenvalue weighted by molar-refractivity contribution is -0.125. The van der Waals surface area contributed by atoms with Crippen LogP contribution in [0.4, 0.5) is 11.4 Å². The Bertz CT molecular complexity index is 1570. The van der Waals surface area contributed by atoms with Gasteiger partial charge in [-0.15, -0.1) is 0 Å². The summed E-state index contributed by atoms with van der Waals surface area (Å²) >= 11 is 12.7. The zero-order valence-electron chi connectivity index (χ0n) is 27.5. The third kappa shape index (κ3) is 10.4. The number of nitrogens with zero attached hydrogens (tertiary/aromatic N) is 2. The quantitative estimate of drug-likeness (QED) is 0.0910. The van der Waals surface area contributed by atoms with Crippen molar-refractivity contribution in [3.63, 3.8) is 0 Å². The van der Waals surface area contributed by atoms with Gasteiger partial charge in [0.2, 0.25) is 11.8 Å². The van der Waals surface area contributed by atoms with E-state index in [-0.39, 0.29) is 56.2 Å². The number of thiocarbonyl (C=S) groups is 2. The van der Waals surface area contributed by atoms with E-state index in [0.29, 0.717) is 35.7 Å². The number of hydrogen-bond donors (Lipinski definition) is 2. The van der Waals surface area contributed by atoms with Crippen LogP contribution in [0.3, 0.4) is 0 Å². The van der Waals surface area contributed by atoms with Crippen LogP contribution in [-0.2, 0) is 28.7 Å². The van der Waals surface area contributed by atoms with Gasteiger partial charge in [-0.2, -0.15) is 0 Å². The molecule has 0 spiro atoms. The Balaban J connectivity index is 1.26. The Kier molecular flexibility index (Phi) is 14.5. The van der Waals surface area contributed by atoms with Gasteiger partial charge in [-0.3, -0.25) is 29.0 Å². The topological polar surface area (TPSA) is 151 Å². The predicted octanol–water partition coefficient (Wildman–Crippen LogP) is 5.89. The fourth-order valence-electron chi connectivity index (χ4n) is 4.49. The summed E-state index contributed by atoms with van der Waals surface area (Å²) in [5, 5.41) is 5.46. The van der Waals surface area contributed by atoms with Gasteiger partial charge in [-0.05, 0) is 61.4 Å². The van der Waals surface area contributed by atoms with Gasteiger partial charge >= 0.3 is 11.9 Å². The molecule has 4 amide bonds. The molecule has 0 atom stereocenters. The lowest BCUT2D eigenvalue weighted by Gasteiger charge is -2.15. The van der Waals surface area contributed by atoms with Crippen LogP contribution in [0.25, 0.3) is 0 Å². The highest BCUT2D eigenvalue weighted by Crippen LogP contribution is 2.42. The molecule has 2 N–H and O–H groups in total. The predicted molar refractivity (Wildman–Crippen MR) is 201 cm³/mol. The summed E-state index contributed by atoms with van der Waals surface area (Å²) in [7, 11) is 0. The maximum atomic E-state index is 13.3. The number of thioether (sulfide) groups is 2. The van der Waals surface area contributed by atoms with E-state index in [0.717, 1.165) is 49.2 Å². The van der Waals surface area contributed by atoms with Crippen molar-refractivity contribution in [1.82, 2.24) is 9.80 Å². The van der Waals surface area contributed by atoms with Gasteiger partial charge < -0.3 is 20.1 Å². The first kappa shape index (κ1) is 38.7. The number of carbonyl (C=O) groups is 6. The van der Waals surface area contributed by atoms with Crippen molar-refractivity contribution < 1.29 is 38.2 Å². The first-order chi connectivity index (χ1) is 24.0. The van der Waals surface area contributed by atoms with Crippen molar-refractivity contribution in [3.8, 4) is 0 Å². The van der Waals surface area contributed by atoms with Crippen molar-refractivity contribution in [3.05, 3.63) is 69.5 Å². The number of esters is 2. The maximum Gasteiger partial charge on any atom is 0.338 e. The summed E-state index contributed by atoms with van der Waals surface area (Å²) in [6, 6.07) is 12.6. The normalized spacial score (nSPS) is 15.8. The first-order valence-electron chi connectivity index (χ1n) is 16.0. The van der Waals surface area contributed by atoms with Crippen LogP contribution >= 0.6 is 48.0 Å². The van der Waals surface area contributed by atoms with Crippen LogP contribution in [0.5, 0.6) is 0 Å². The first-order valence-corrected chi connectivity index (χ1v) is 18.4. The van der Waals surface area contributed by atoms with Gasteiger partial charge in [0.1, 0.15) is 8.64 Å². The molecule has 4 rings (SSSR count). The van der Waals surface area contributed by atoms with E-state index in [1.807, 2.05) is 13.8 Å². The van der Waals surface area contributed by atoms with E-state index in [2.05, 4.69) is 10.6 Å². The van der Waals surface area contributed by atoms with Gasteiger partial charge in [-0.1, -0.05) is 74.6 Å². The molecule has 0 aliphatic carbocycles. The number of hydrogen-bond acceptors (Lipinski definition) is 12. The monoisotopic (exact) mass is 756 g/mol. The van der Waals surface area contributed by atoms with Gasteiger partial charge in [0.15, 0.2) is 0 Å². The highest BCUT2D eigenvalue weighted by molar-refractivity contribution is 8.29. The molecule has 12 nitrogen and oxygen atoms in total. The van der Waals surface area contributed by atoms with Crippen LogP contribution < -0.4 is 10.6 Å². The molecule has 0 aromatic heterocycles. The van der Waals surface area contributed by atoms with Crippen LogP contribution in [0, 0.1) is 0 Å². The number of ether oxygens (including phenoxy) is 2. The Labute approximate surface area is 309 Å². The van der Waals surface area contributed by atoms with Crippen LogP contribution in [0.2, 0.25) is 0 Å². The average molecular weight is 757 g/mol. The van der Waals surface area contributed by atoms with E-state index in [1.54, 1.807) is 48.5 Å². The fourth-order valence-corrected chi connectivity index (χ4v) is 7.27. The number of nitrogens with one attached hydrogen (secondary N) is 2. The summed E-state index contributed by atoms with van der Waals surface area (Å²) in [6.07, 6.45) is 3.25. The second kappa shape index (κ2) is 18.8. The molecule has 16 heteroatoms. The second-order valence-electron chi connectivity index (χ2n) is 11.0. The van der Waals surface area contributed by atoms with E-state index in [1.165, 1.54) is 9.80 Å². The third-order valence-electron chi connectivity index (χ3n) is 7.30. The second-order valence-corrected chi connectivity index (χ2v) is 14.3. The molecular formula is C34H36N4O8S4. The molecule has 0 radical (unpaired) electrons. The number of carbonyl (C=O) groups excluding carboxylic acids is 6. The Morgan fingerprint density at radius 2 is 1.00 bits per heavy atom. The standard InChI is InChI=1S/C34H36N4O8S4/c1-3-5-19-45-31(43)21-7-11-23(12-8-21)35-25(39)15-17-37-29(41)27(49-33(37)47)28-30(42)38(34(48)50-28)18-16-26(40)36-24-13-9-22(10-14-24)32(44)46-20-6-4-2/h7-14H,3-6,15-20H2,1-2H3,(H,35,39)(H,36,40)/b28-27+. The molecule has 50 heavy (non-hydrogen) atoms. The van der Waals surface area contributed by atoms with Crippen molar-refractivity contribution in [2.24, 2.45) is 0 Å². The largest absolute Gasteiger partial charge is 0.462 e. The molecule has 2 saturated heterocycles. The molecule has 2 aliphatic rings. The summed E-state index contributed by atoms with van der Waals surface area (Å²) in [5.74, 6) is -2.63. The summed E-state index contributed by atoms with van der Waals surface area (Å²) in [6.45, 7) is 4.67. The third-order valence-corrected chi connectivity index (χ3v) is 10.3. The number of rotatable bonds is 16. The molecule has 2 aromatic rings. The Morgan fingerprint density at radius 1 is 0.640 bits per heavy atom. The van der Waals surface area contributed by atoms with E-state index in [4.69, 9.17) is 33.9 Å². The van der Waals surface area contributed by atoms with Crippen molar-refractivity contribution in [2.45, 2.75) is 52.4 Å². The van der Waals surface area contributed by atoms with Crippen LogP contribution in [-0.4, -0.2) is 80.3 Å². The number of unbranched alkanes of at least 4 members (excludes halogenated alkanes) is 2. The van der Waals surface area contributed by atoms with E-state index >= 15 is 0 Å². The van der Waals surface area contributed by atoms with Gasteiger partial charge in [0, 0.05) is 37.3 Å². The lowest BCUT2D eigenvalue weighted by Crippen LogP contribution is -2.33. The number of anilines is 2. The van der Waals surface area contributed by atoms with Crippen LogP contribution in [0.15, 0.2) is 58.3 Å². The van der Waals surface area contributed by atoms with E-state index < -0.39 is 23.8 Å². The maximum absolute atomic E-state index is 13.3. The fraction of sp³-hybridized carbons (Fsp3) is 0.353. The highest BCUT2D eigenvalue weighted by Gasteiger charge is 2.42. The minimum atomic E-state index is -0.505. The zero-order chi connectivity index (χ0) is 36.2. The zero-order valence-corrected chi connectivity index (χ0v) is 30.7. The number of benzene rings is 2. The molecule has 2 fully saturated rings.